The molecule has 0 saturated carbocycles. The van der Waals surface area contributed by atoms with Crippen LogP contribution in [0.25, 0.3) is 0 Å². The first-order valence-corrected chi connectivity index (χ1v) is 5.14. The summed E-state index contributed by atoms with van der Waals surface area (Å²) < 4.78 is 30.1. The molecule has 1 aromatic heterocycles. The highest BCUT2D eigenvalue weighted by Gasteiger charge is 2.21. The number of nitriles is 1. The van der Waals surface area contributed by atoms with Gasteiger partial charge in [-0.2, -0.15) is 5.26 Å². The fourth-order valence-electron chi connectivity index (χ4n) is 1.36. The molecule has 0 aliphatic carbocycles. The number of esters is 1. The van der Waals surface area contributed by atoms with Crippen molar-refractivity contribution in [1.29, 1.82) is 5.26 Å². The number of pyridine rings is 1. The summed E-state index contributed by atoms with van der Waals surface area (Å²) >= 11 is 0. The van der Waals surface area contributed by atoms with Gasteiger partial charge in [0.05, 0.1) is 17.9 Å². The Bertz CT molecular complexity index is 498. The fraction of sp³-hybridized carbons (Fsp3) is 0.364. The van der Waals surface area contributed by atoms with Gasteiger partial charge in [-0.25, -0.2) is 18.6 Å². The van der Waals surface area contributed by atoms with Gasteiger partial charge in [0.15, 0.2) is 5.69 Å². The minimum atomic E-state index is -2.81. The Kier molecular flexibility index (Phi) is 4.68. The van der Waals surface area contributed by atoms with Crippen LogP contribution in [0.1, 0.15) is 40.7 Å². The number of nitrogens with zero attached hydrogens (tertiary/aromatic N) is 2. The maximum Gasteiger partial charge on any atom is 0.358 e. The van der Waals surface area contributed by atoms with Crippen LogP contribution < -0.4 is 5.73 Å². The molecule has 0 aliphatic heterocycles. The Morgan fingerprint density at radius 2 is 2.33 bits per heavy atom. The molecule has 1 heterocycles. The van der Waals surface area contributed by atoms with Crippen LogP contribution in [0.2, 0.25) is 0 Å². The molecule has 18 heavy (non-hydrogen) atoms. The van der Waals surface area contributed by atoms with E-state index >= 15 is 0 Å². The second-order valence-electron chi connectivity index (χ2n) is 3.26. The minimum Gasteiger partial charge on any atom is -0.461 e. The van der Waals surface area contributed by atoms with Gasteiger partial charge in [-0.1, -0.05) is 0 Å². The van der Waals surface area contributed by atoms with Gasteiger partial charge in [-0.05, 0) is 13.0 Å². The number of carbonyl (C=O) groups excluding carboxylic acids is 1. The van der Waals surface area contributed by atoms with Gasteiger partial charge in [-0.3, -0.25) is 0 Å². The molecule has 0 fully saturated rings. The average Bonchev–Trinajstić information content (AvgIpc) is 2.37. The lowest BCUT2D eigenvalue weighted by molar-refractivity contribution is 0.0518. The summed E-state index contributed by atoms with van der Waals surface area (Å²) in [5.41, 5.74) is 4.19. The lowest BCUT2D eigenvalue weighted by Gasteiger charge is -2.10. The predicted octanol–water partition coefficient (Wildman–Crippen LogP) is 1.53. The Morgan fingerprint density at radius 3 is 2.78 bits per heavy atom. The number of aromatic nitrogens is 1. The maximum absolute atomic E-state index is 12.7. The molecule has 0 aromatic carbocycles. The third-order valence-electron chi connectivity index (χ3n) is 2.15. The van der Waals surface area contributed by atoms with Gasteiger partial charge in [0, 0.05) is 12.1 Å². The van der Waals surface area contributed by atoms with Crippen LogP contribution in [0.4, 0.5) is 8.78 Å². The number of rotatable bonds is 4. The highest BCUT2D eigenvalue weighted by Crippen LogP contribution is 2.24. The molecule has 0 radical (unpaired) electrons. The van der Waals surface area contributed by atoms with Crippen molar-refractivity contribution in [2.75, 3.05) is 6.61 Å². The Balaban J connectivity index is 3.36. The van der Waals surface area contributed by atoms with E-state index in [9.17, 15) is 13.6 Å². The molecule has 7 heteroatoms. The molecule has 0 spiro atoms. The lowest BCUT2D eigenvalue weighted by atomic mass is 10.1. The second kappa shape index (κ2) is 6.02. The molecule has 1 rings (SSSR count). The van der Waals surface area contributed by atoms with Crippen molar-refractivity contribution in [3.8, 4) is 6.07 Å². The summed E-state index contributed by atoms with van der Waals surface area (Å²) in [6.45, 7) is 1.43. The van der Waals surface area contributed by atoms with Crippen LogP contribution in [-0.2, 0) is 11.3 Å². The minimum absolute atomic E-state index is 0.0972. The first-order valence-electron chi connectivity index (χ1n) is 5.14. The summed E-state index contributed by atoms with van der Waals surface area (Å²) in [5, 5.41) is 8.83. The Morgan fingerprint density at radius 1 is 1.67 bits per heavy atom. The highest BCUT2D eigenvalue weighted by atomic mass is 19.3. The van der Waals surface area contributed by atoms with Crippen molar-refractivity contribution in [3.05, 3.63) is 28.6 Å². The van der Waals surface area contributed by atoms with E-state index < -0.39 is 18.0 Å². The molecule has 1 aromatic rings. The number of ether oxygens (including phenoxy) is 1. The van der Waals surface area contributed by atoms with Crippen LogP contribution in [0, 0.1) is 11.3 Å². The molecule has 0 amide bonds. The van der Waals surface area contributed by atoms with Gasteiger partial charge in [0.1, 0.15) is 6.07 Å². The summed E-state index contributed by atoms with van der Waals surface area (Å²) in [4.78, 5) is 15.2. The Hall–Kier alpha value is -2.07. The van der Waals surface area contributed by atoms with Crippen LogP contribution in [0.15, 0.2) is 6.07 Å². The molecule has 0 aliphatic rings. The van der Waals surface area contributed by atoms with Gasteiger partial charge >= 0.3 is 5.97 Å². The van der Waals surface area contributed by atoms with E-state index in [0.29, 0.717) is 0 Å². The molecular formula is C11H11F2N3O2. The van der Waals surface area contributed by atoms with Crippen LogP contribution in [0.3, 0.4) is 0 Å². The zero-order valence-electron chi connectivity index (χ0n) is 9.61. The van der Waals surface area contributed by atoms with Crippen molar-refractivity contribution < 1.29 is 18.3 Å². The van der Waals surface area contributed by atoms with Crippen LogP contribution >= 0.6 is 0 Å². The number of carbonyl (C=O) groups is 1. The molecular weight excluding hydrogens is 244 g/mol. The smallest absolute Gasteiger partial charge is 0.358 e. The molecule has 5 nitrogen and oxygen atoms in total. The summed E-state index contributed by atoms with van der Waals surface area (Å²) in [6, 6.07) is 2.57. The summed E-state index contributed by atoms with van der Waals surface area (Å²) in [6.07, 6.45) is -2.81. The normalized spacial score (nSPS) is 10.2. The van der Waals surface area contributed by atoms with Gasteiger partial charge < -0.3 is 10.5 Å². The van der Waals surface area contributed by atoms with E-state index in [1.807, 2.05) is 0 Å². The highest BCUT2D eigenvalue weighted by molar-refractivity contribution is 5.90. The van der Waals surface area contributed by atoms with Gasteiger partial charge in [0.25, 0.3) is 6.43 Å². The SMILES string of the molecule is CCOC(=O)c1nc(CN)c(C(F)F)cc1C#N. The monoisotopic (exact) mass is 255 g/mol. The topological polar surface area (TPSA) is 89.0 Å². The molecule has 0 atom stereocenters. The zero-order chi connectivity index (χ0) is 13.7. The van der Waals surface area contributed by atoms with Crippen LogP contribution in [-0.4, -0.2) is 17.6 Å². The molecule has 0 bridgehead atoms. The fourth-order valence-corrected chi connectivity index (χ4v) is 1.36. The summed E-state index contributed by atoms with van der Waals surface area (Å²) in [7, 11) is 0. The third-order valence-corrected chi connectivity index (χ3v) is 2.15. The van der Waals surface area contributed by atoms with E-state index in [1.165, 1.54) is 0 Å². The van der Waals surface area contributed by atoms with Crippen molar-refractivity contribution in [3.63, 3.8) is 0 Å². The lowest BCUT2D eigenvalue weighted by Crippen LogP contribution is -2.15. The number of halogens is 2. The van der Waals surface area contributed by atoms with E-state index in [0.717, 1.165) is 6.07 Å². The van der Waals surface area contributed by atoms with E-state index in [1.54, 1.807) is 13.0 Å². The molecule has 0 unspecified atom stereocenters. The maximum atomic E-state index is 12.7. The molecule has 0 saturated heterocycles. The van der Waals surface area contributed by atoms with E-state index in [2.05, 4.69) is 9.72 Å². The van der Waals surface area contributed by atoms with Crippen molar-refractivity contribution >= 4 is 5.97 Å². The second-order valence-corrected chi connectivity index (χ2v) is 3.26. The van der Waals surface area contributed by atoms with Gasteiger partial charge in [0.2, 0.25) is 0 Å². The first-order chi connectivity index (χ1) is 8.54. The predicted molar refractivity (Wildman–Crippen MR) is 57.8 cm³/mol. The largest absolute Gasteiger partial charge is 0.461 e. The van der Waals surface area contributed by atoms with E-state index in [4.69, 9.17) is 11.0 Å². The van der Waals surface area contributed by atoms with Crippen molar-refractivity contribution in [1.82, 2.24) is 4.98 Å². The number of alkyl halides is 2. The number of hydrogen-bond donors (Lipinski definition) is 1. The summed E-state index contributed by atoms with van der Waals surface area (Å²) in [5.74, 6) is -0.829. The zero-order valence-corrected chi connectivity index (χ0v) is 9.61. The average molecular weight is 255 g/mol. The van der Waals surface area contributed by atoms with E-state index in [-0.39, 0.29) is 30.1 Å². The first kappa shape index (κ1) is 14.0. The molecule has 96 valence electrons. The quantitative estimate of drug-likeness (QED) is 0.824. The number of hydrogen-bond acceptors (Lipinski definition) is 5. The number of nitrogens with two attached hydrogens (primary N) is 1. The Labute approximate surface area is 102 Å². The third kappa shape index (κ3) is 2.78. The standard InChI is InChI=1S/C11H11F2N3O2/c1-2-18-11(17)9-6(4-14)3-7(10(12)13)8(5-15)16-9/h3,10H,2,5,15H2,1H3. The van der Waals surface area contributed by atoms with Crippen LogP contribution in [0.5, 0.6) is 0 Å². The van der Waals surface area contributed by atoms with Crippen molar-refractivity contribution in [2.45, 2.75) is 19.9 Å². The van der Waals surface area contributed by atoms with Gasteiger partial charge in [-0.15, -0.1) is 0 Å². The van der Waals surface area contributed by atoms with Crippen molar-refractivity contribution in [2.24, 2.45) is 5.73 Å². The molecule has 2 N–H and O–H groups in total.